The smallest absolute Gasteiger partial charge is 0.334 e. The van der Waals surface area contributed by atoms with Gasteiger partial charge in [-0.3, -0.25) is 33.7 Å². The van der Waals surface area contributed by atoms with Crippen LogP contribution in [0.5, 0.6) is 11.5 Å². The van der Waals surface area contributed by atoms with Crippen LogP contribution < -0.4 is 42.2 Å². The molecule has 8 atom stereocenters. The van der Waals surface area contributed by atoms with Gasteiger partial charge < -0.3 is 61.9 Å². The zero-order valence-electron chi connectivity index (χ0n) is 36.3. The molecule has 2 aliphatic heterocycles. The summed E-state index contributed by atoms with van der Waals surface area (Å²) in [5.74, 6) is -7.32. The molecule has 1 spiro atoms. The molecule has 0 unspecified atom stereocenters. The number of carbonyl (C=O) groups is 8. The number of piperidine rings is 1. The van der Waals surface area contributed by atoms with Gasteiger partial charge in [-0.25, -0.2) is 9.59 Å². The lowest BCUT2D eigenvalue weighted by Gasteiger charge is -2.63. The van der Waals surface area contributed by atoms with Gasteiger partial charge in [-0.1, -0.05) is 33.8 Å². The van der Waals surface area contributed by atoms with E-state index in [-0.39, 0.29) is 25.0 Å². The number of esters is 2. The lowest BCUT2D eigenvalue weighted by molar-refractivity contribution is -0.209. The molecule has 4 aliphatic rings. The molecule has 5 rings (SSSR count). The van der Waals surface area contributed by atoms with Crippen molar-refractivity contribution in [2.75, 3.05) is 33.8 Å². The van der Waals surface area contributed by atoms with Crippen molar-refractivity contribution in [2.24, 2.45) is 23.3 Å². The zero-order valence-corrected chi connectivity index (χ0v) is 36.3. The van der Waals surface area contributed by atoms with Crippen LogP contribution in [-0.4, -0.2) is 138 Å². The first kappa shape index (κ1) is 48.2. The summed E-state index contributed by atoms with van der Waals surface area (Å²) in [6, 6.07) is -1.93. The number of methoxy groups -OCH3 is 1. The molecule has 1 aromatic rings. The van der Waals surface area contributed by atoms with Gasteiger partial charge in [-0.2, -0.15) is 0 Å². The molecule has 0 aromatic heterocycles. The van der Waals surface area contributed by atoms with Crippen LogP contribution >= 0.6 is 0 Å². The highest BCUT2D eigenvalue weighted by Gasteiger charge is 2.74. The van der Waals surface area contributed by atoms with Gasteiger partial charge in [0, 0.05) is 24.8 Å². The Bertz CT molecular complexity index is 2020. The minimum atomic E-state index is -1.39. The van der Waals surface area contributed by atoms with Crippen LogP contribution in [0.25, 0.3) is 0 Å². The van der Waals surface area contributed by atoms with Crippen molar-refractivity contribution in [2.45, 2.75) is 120 Å². The number of rotatable bonds is 21. The molecule has 1 saturated heterocycles. The molecule has 63 heavy (non-hydrogen) atoms. The van der Waals surface area contributed by atoms with Crippen LogP contribution in [0.2, 0.25) is 0 Å². The number of likely N-dealkylation sites (tertiary alicyclic amines) is 1. The molecule has 346 valence electrons. The van der Waals surface area contributed by atoms with E-state index in [4.69, 9.17) is 30.4 Å². The molecule has 10 N–H and O–H groups in total. The molecule has 0 radical (unpaired) electrons. The highest BCUT2D eigenvalue weighted by Crippen LogP contribution is 2.66. The average molecular weight is 886 g/mol. The van der Waals surface area contributed by atoms with Crippen molar-refractivity contribution >= 4 is 47.5 Å². The molecule has 2 heterocycles. The number of hydrogen-bond acceptors (Lipinski definition) is 15. The molecular formula is C42H59N7O14. The van der Waals surface area contributed by atoms with Crippen molar-refractivity contribution in [1.29, 1.82) is 0 Å². The van der Waals surface area contributed by atoms with Gasteiger partial charge in [0.05, 0.1) is 31.7 Å². The fourth-order valence-electron chi connectivity index (χ4n) is 9.26. The number of hydrogen-bond donors (Lipinski definition) is 8. The Balaban J connectivity index is 1.52. The summed E-state index contributed by atoms with van der Waals surface area (Å²) >= 11 is 0. The molecule has 2 aliphatic carbocycles. The van der Waals surface area contributed by atoms with E-state index >= 15 is 0 Å². The molecular weight excluding hydrogens is 826 g/mol. The number of benzene rings is 1. The maximum Gasteiger partial charge on any atom is 0.334 e. The number of nitrogens with one attached hydrogen (secondary N) is 4. The summed E-state index contributed by atoms with van der Waals surface area (Å²) < 4.78 is 25.5. The largest absolute Gasteiger partial charge is 0.493 e. The van der Waals surface area contributed by atoms with E-state index in [0.29, 0.717) is 30.9 Å². The maximum absolute atomic E-state index is 14.7. The number of nitrogens with two attached hydrogens (primary N) is 2. The summed E-state index contributed by atoms with van der Waals surface area (Å²) in [7, 11) is 3.40. The number of carboxylic acids is 2. The minimum absolute atomic E-state index is 0.0138. The monoisotopic (exact) mass is 885 g/mol. The lowest BCUT2D eigenvalue weighted by atomic mass is 9.50. The number of aliphatic carboxylic acids is 2. The SMILES string of the molecule is COc1ccc2c3c1O[C@H]1C(OC(=O)[C@@H](NC(=O)[C@H](CCC(=O)O)NC(=O)CN)C(C)C)=CC[C@@]4(OC(=O)[C@@H](NC(=O)[C@H](CCC(=O)O)NC(=O)CN)C(C)C)[C@@H](C2)N(C)CC[C@]314. The number of carboxylic acid groups (broad SMARTS) is 2. The van der Waals surface area contributed by atoms with Crippen LogP contribution in [-0.2, 0) is 59.7 Å². The second-order valence-electron chi connectivity index (χ2n) is 17.1. The Morgan fingerprint density at radius 1 is 0.841 bits per heavy atom. The van der Waals surface area contributed by atoms with Gasteiger partial charge in [0.1, 0.15) is 35.5 Å². The lowest BCUT2D eigenvalue weighted by Crippen LogP contribution is -2.76. The van der Waals surface area contributed by atoms with Crippen molar-refractivity contribution in [3.05, 3.63) is 35.1 Å². The normalized spacial score (nSPS) is 23.7. The molecule has 1 fully saturated rings. The molecule has 1 aromatic carbocycles. The van der Waals surface area contributed by atoms with E-state index in [0.717, 1.165) is 11.1 Å². The summed E-state index contributed by atoms with van der Waals surface area (Å²) in [6.45, 7) is 6.33. The van der Waals surface area contributed by atoms with Gasteiger partial charge in [0.25, 0.3) is 0 Å². The number of carbonyl (C=O) groups excluding carboxylic acids is 6. The first-order chi connectivity index (χ1) is 29.7. The predicted molar refractivity (Wildman–Crippen MR) is 221 cm³/mol. The molecule has 21 heteroatoms. The Kier molecular flexibility index (Phi) is 15.1. The standard InChI is InChI=1S/C42H59N7O14/c1-20(2)33(47-37(56)23(8-11-30(52)53)45-28(50)18-43)39(58)61-26-13-14-42(63-40(59)34(21(3)4)48-38(57)24(9-12-31(54)55)46-29(51)19-44)27-17-22-7-10-25(60-6)35-32(22)41(42,36(26)62-35)15-16-49(27)5/h7,10,13,20-21,23-24,27,33-34,36H,8-9,11-12,14-19,43-44H2,1-6H3,(H,45,50)(H,46,51)(H,47,56)(H,48,57)(H,52,53)(H,54,55)/t23-,24-,27+,33-,34-,36-,41-,42+/m0/s1. The van der Waals surface area contributed by atoms with Crippen molar-refractivity contribution in [3.63, 3.8) is 0 Å². The Hall–Kier alpha value is -5.80. The van der Waals surface area contributed by atoms with Gasteiger partial charge in [-0.05, 0) is 68.8 Å². The first-order valence-corrected chi connectivity index (χ1v) is 21.0. The van der Waals surface area contributed by atoms with Crippen LogP contribution in [0.3, 0.4) is 0 Å². The summed E-state index contributed by atoms with van der Waals surface area (Å²) in [6.07, 6.45) is -0.112. The second kappa shape index (κ2) is 19.7. The van der Waals surface area contributed by atoms with Gasteiger partial charge in [0.15, 0.2) is 17.6 Å². The molecule has 0 saturated carbocycles. The third kappa shape index (κ3) is 9.59. The van der Waals surface area contributed by atoms with E-state index in [1.165, 1.54) is 7.11 Å². The van der Waals surface area contributed by atoms with Crippen molar-refractivity contribution < 1.29 is 67.5 Å². The number of nitrogens with zero attached hydrogens (tertiary/aromatic N) is 1. The Morgan fingerprint density at radius 2 is 1.38 bits per heavy atom. The van der Waals surface area contributed by atoms with Crippen LogP contribution in [0.15, 0.2) is 24.0 Å². The summed E-state index contributed by atoms with van der Waals surface area (Å²) in [5.41, 5.74) is 9.93. The van der Waals surface area contributed by atoms with Gasteiger partial charge in [-0.15, -0.1) is 0 Å². The average Bonchev–Trinajstić information content (AvgIpc) is 3.59. The van der Waals surface area contributed by atoms with E-state index in [1.54, 1.807) is 39.8 Å². The fourth-order valence-corrected chi connectivity index (χ4v) is 9.26. The fraction of sp³-hybridized carbons (Fsp3) is 0.619. The minimum Gasteiger partial charge on any atom is -0.493 e. The topological polar surface area (TPSA) is 317 Å². The molecule has 4 amide bonds. The first-order valence-electron chi connectivity index (χ1n) is 21.0. The maximum atomic E-state index is 14.7. The predicted octanol–water partition coefficient (Wildman–Crippen LogP) is -1.03. The van der Waals surface area contributed by atoms with Crippen molar-refractivity contribution in [1.82, 2.24) is 26.2 Å². The third-order valence-corrected chi connectivity index (χ3v) is 12.4. The van der Waals surface area contributed by atoms with Crippen molar-refractivity contribution in [3.8, 4) is 11.5 Å². The van der Waals surface area contributed by atoms with Gasteiger partial charge >= 0.3 is 23.9 Å². The Labute approximate surface area is 364 Å². The van der Waals surface area contributed by atoms with Crippen LogP contribution in [0.1, 0.15) is 77.3 Å². The van der Waals surface area contributed by atoms with E-state index in [2.05, 4.69) is 26.2 Å². The third-order valence-electron chi connectivity index (χ3n) is 12.4. The summed E-state index contributed by atoms with van der Waals surface area (Å²) in [5, 5.41) is 28.7. The molecule has 21 nitrogen and oxygen atoms in total. The van der Waals surface area contributed by atoms with E-state index < -0.39 is 133 Å². The highest BCUT2D eigenvalue weighted by molar-refractivity contribution is 5.93. The van der Waals surface area contributed by atoms with E-state index in [1.807, 2.05) is 13.1 Å². The second-order valence-corrected chi connectivity index (χ2v) is 17.1. The molecule has 2 bridgehead atoms. The van der Waals surface area contributed by atoms with Crippen LogP contribution in [0, 0.1) is 11.8 Å². The number of ether oxygens (including phenoxy) is 4. The number of amides is 4. The van der Waals surface area contributed by atoms with E-state index in [9.17, 15) is 48.6 Å². The van der Waals surface area contributed by atoms with Gasteiger partial charge in [0.2, 0.25) is 23.6 Å². The Morgan fingerprint density at radius 3 is 1.87 bits per heavy atom. The number of likely N-dealkylation sites (N-methyl/N-ethyl adjacent to an activating group) is 1. The quantitative estimate of drug-likeness (QED) is 0.0684. The summed E-state index contributed by atoms with van der Waals surface area (Å²) in [4.78, 5) is 105. The zero-order chi connectivity index (χ0) is 46.6. The van der Waals surface area contributed by atoms with Crippen LogP contribution in [0.4, 0.5) is 0 Å². The highest BCUT2D eigenvalue weighted by atomic mass is 16.6.